The number of amidine groups is 1. The molecule has 120 valence electrons. The molecule has 0 unspecified atom stereocenters. The van der Waals surface area contributed by atoms with Crippen LogP contribution in [-0.2, 0) is 0 Å². The first-order valence-corrected chi connectivity index (χ1v) is 8.62. The molecule has 1 aromatic carbocycles. The van der Waals surface area contributed by atoms with Gasteiger partial charge in [0.15, 0.2) is 0 Å². The topological polar surface area (TPSA) is 28.5 Å². The quantitative estimate of drug-likeness (QED) is 0.763. The summed E-state index contributed by atoms with van der Waals surface area (Å²) in [6.07, 6.45) is 11.4. The third-order valence-electron chi connectivity index (χ3n) is 4.34. The number of allylic oxidation sites excluding steroid dienone is 2. The van der Waals surface area contributed by atoms with E-state index in [0.717, 1.165) is 47.2 Å². The van der Waals surface area contributed by atoms with Gasteiger partial charge >= 0.3 is 0 Å². The molecule has 0 amide bonds. The number of rotatable bonds is 2. The SMILES string of the molecule is Clc1cccc(C2=CC=C3CCCCN=C3N2c2ccncc2)c1. The molecule has 2 aliphatic heterocycles. The van der Waals surface area contributed by atoms with Gasteiger partial charge in [-0.1, -0.05) is 29.8 Å². The smallest absolute Gasteiger partial charge is 0.135 e. The maximum Gasteiger partial charge on any atom is 0.135 e. The van der Waals surface area contributed by atoms with Gasteiger partial charge in [0.25, 0.3) is 0 Å². The number of benzene rings is 1. The Morgan fingerprint density at radius 3 is 2.71 bits per heavy atom. The highest BCUT2D eigenvalue weighted by Gasteiger charge is 2.26. The van der Waals surface area contributed by atoms with Gasteiger partial charge in [-0.3, -0.25) is 14.9 Å². The van der Waals surface area contributed by atoms with Gasteiger partial charge in [0.2, 0.25) is 0 Å². The Morgan fingerprint density at radius 1 is 1.00 bits per heavy atom. The number of nitrogens with zero attached hydrogens (tertiary/aromatic N) is 3. The van der Waals surface area contributed by atoms with Gasteiger partial charge in [0.05, 0.1) is 11.4 Å². The zero-order valence-corrected chi connectivity index (χ0v) is 14.1. The maximum atomic E-state index is 6.22. The molecular weight excluding hydrogens is 318 g/mol. The highest BCUT2D eigenvalue weighted by atomic mass is 35.5. The van der Waals surface area contributed by atoms with E-state index in [-0.39, 0.29) is 0 Å². The predicted octanol–water partition coefficient (Wildman–Crippen LogP) is 5.10. The minimum Gasteiger partial charge on any atom is -0.294 e. The summed E-state index contributed by atoms with van der Waals surface area (Å²) < 4.78 is 0. The van der Waals surface area contributed by atoms with Crippen LogP contribution in [0.3, 0.4) is 0 Å². The molecule has 3 heterocycles. The van der Waals surface area contributed by atoms with Crippen molar-refractivity contribution in [3.05, 3.63) is 77.1 Å². The average molecular weight is 336 g/mol. The van der Waals surface area contributed by atoms with Crippen LogP contribution >= 0.6 is 11.6 Å². The van der Waals surface area contributed by atoms with Crippen molar-refractivity contribution in [1.82, 2.24) is 4.98 Å². The normalized spacial score (nSPS) is 17.4. The Morgan fingerprint density at radius 2 is 1.88 bits per heavy atom. The molecule has 4 heteroatoms. The van der Waals surface area contributed by atoms with Gasteiger partial charge in [-0.15, -0.1) is 0 Å². The summed E-state index contributed by atoms with van der Waals surface area (Å²) in [7, 11) is 0. The predicted molar refractivity (Wildman–Crippen MR) is 100 cm³/mol. The minimum atomic E-state index is 0.737. The van der Waals surface area contributed by atoms with E-state index >= 15 is 0 Å². The minimum absolute atomic E-state index is 0.737. The van der Waals surface area contributed by atoms with Crippen LogP contribution in [0, 0.1) is 0 Å². The molecule has 4 rings (SSSR count). The summed E-state index contributed by atoms with van der Waals surface area (Å²) in [5.41, 5.74) is 4.55. The lowest BCUT2D eigenvalue weighted by Crippen LogP contribution is -2.33. The molecule has 24 heavy (non-hydrogen) atoms. The zero-order chi connectivity index (χ0) is 16.4. The summed E-state index contributed by atoms with van der Waals surface area (Å²) >= 11 is 6.22. The Balaban J connectivity index is 1.88. The van der Waals surface area contributed by atoms with E-state index in [9.17, 15) is 0 Å². The van der Waals surface area contributed by atoms with Crippen LogP contribution in [0.15, 0.2) is 71.5 Å². The lowest BCUT2D eigenvalue weighted by molar-refractivity contribution is 0.769. The first kappa shape index (κ1) is 15.2. The Labute approximate surface area is 147 Å². The van der Waals surface area contributed by atoms with Gasteiger partial charge in [-0.05, 0) is 55.2 Å². The maximum absolute atomic E-state index is 6.22. The monoisotopic (exact) mass is 335 g/mol. The molecule has 0 fully saturated rings. The fourth-order valence-electron chi connectivity index (χ4n) is 3.19. The van der Waals surface area contributed by atoms with E-state index in [1.165, 1.54) is 12.0 Å². The molecule has 0 radical (unpaired) electrons. The van der Waals surface area contributed by atoms with Crippen molar-refractivity contribution in [3.63, 3.8) is 0 Å². The molecule has 2 aliphatic rings. The number of hydrogen-bond acceptors (Lipinski definition) is 3. The summed E-state index contributed by atoms with van der Waals surface area (Å²) in [5.74, 6) is 1.05. The van der Waals surface area contributed by atoms with E-state index in [0.29, 0.717) is 0 Å². The second kappa shape index (κ2) is 6.62. The standard InChI is InChI=1S/C20H18ClN3/c21-17-6-3-5-16(14-17)19-8-7-15-4-1-2-11-23-20(15)24(19)18-9-12-22-13-10-18/h3,5-10,12-14H,1-2,4,11H2. The third kappa shape index (κ3) is 2.87. The zero-order valence-electron chi connectivity index (χ0n) is 13.3. The van der Waals surface area contributed by atoms with E-state index in [2.05, 4.69) is 28.1 Å². The van der Waals surface area contributed by atoms with Crippen LogP contribution in [0.25, 0.3) is 5.70 Å². The third-order valence-corrected chi connectivity index (χ3v) is 4.57. The Bertz CT molecular complexity index is 837. The Hall–Kier alpha value is -2.39. The molecule has 0 spiro atoms. The highest BCUT2D eigenvalue weighted by Crippen LogP contribution is 2.34. The largest absolute Gasteiger partial charge is 0.294 e. The number of hydrogen-bond donors (Lipinski definition) is 0. The molecule has 1 aromatic heterocycles. The summed E-state index contributed by atoms with van der Waals surface area (Å²) in [5, 5.41) is 0.737. The number of fused-ring (bicyclic) bond motifs is 1. The fraction of sp³-hybridized carbons (Fsp3) is 0.200. The van der Waals surface area contributed by atoms with Crippen LogP contribution < -0.4 is 4.90 Å². The van der Waals surface area contributed by atoms with E-state index in [4.69, 9.17) is 16.6 Å². The first-order chi connectivity index (χ1) is 11.8. The Kier molecular flexibility index (Phi) is 4.18. The number of halogens is 1. The average Bonchev–Trinajstić information content (AvgIpc) is 2.87. The molecule has 0 bridgehead atoms. The fourth-order valence-corrected chi connectivity index (χ4v) is 3.38. The second-order valence-corrected chi connectivity index (χ2v) is 6.39. The van der Waals surface area contributed by atoms with E-state index < -0.39 is 0 Å². The lowest BCUT2D eigenvalue weighted by Gasteiger charge is -2.32. The first-order valence-electron chi connectivity index (χ1n) is 8.25. The van der Waals surface area contributed by atoms with E-state index in [1.807, 2.05) is 42.7 Å². The van der Waals surface area contributed by atoms with Gasteiger partial charge in [-0.25, -0.2) is 0 Å². The lowest BCUT2D eigenvalue weighted by atomic mass is 10.00. The highest BCUT2D eigenvalue weighted by molar-refractivity contribution is 6.31. The van der Waals surface area contributed by atoms with Crippen molar-refractivity contribution in [2.24, 2.45) is 4.99 Å². The molecular formula is C20H18ClN3. The number of pyridine rings is 1. The van der Waals surface area contributed by atoms with Crippen LogP contribution in [0.5, 0.6) is 0 Å². The van der Waals surface area contributed by atoms with E-state index in [1.54, 1.807) is 0 Å². The van der Waals surface area contributed by atoms with Crippen molar-refractivity contribution in [2.45, 2.75) is 19.3 Å². The molecule has 0 saturated heterocycles. The summed E-state index contributed by atoms with van der Waals surface area (Å²) in [4.78, 5) is 11.3. The molecule has 0 aliphatic carbocycles. The van der Waals surface area contributed by atoms with Gasteiger partial charge in [0.1, 0.15) is 5.84 Å². The van der Waals surface area contributed by atoms with Crippen molar-refractivity contribution in [1.29, 1.82) is 0 Å². The summed E-state index contributed by atoms with van der Waals surface area (Å²) in [6.45, 7) is 0.872. The van der Waals surface area contributed by atoms with Gasteiger partial charge in [0, 0.05) is 29.5 Å². The second-order valence-electron chi connectivity index (χ2n) is 5.96. The van der Waals surface area contributed by atoms with Crippen molar-refractivity contribution >= 4 is 28.8 Å². The van der Waals surface area contributed by atoms with Crippen molar-refractivity contribution in [2.75, 3.05) is 11.4 Å². The van der Waals surface area contributed by atoms with Crippen LogP contribution in [-0.4, -0.2) is 17.4 Å². The molecule has 0 atom stereocenters. The van der Waals surface area contributed by atoms with Crippen LogP contribution in [0.4, 0.5) is 5.69 Å². The summed E-state index contributed by atoms with van der Waals surface area (Å²) in [6, 6.07) is 12.0. The number of anilines is 1. The molecule has 3 nitrogen and oxygen atoms in total. The van der Waals surface area contributed by atoms with Gasteiger partial charge < -0.3 is 0 Å². The molecule has 2 aromatic rings. The van der Waals surface area contributed by atoms with Crippen LogP contribution in [0.1, 0.15) is 24.8 Å². The number of aromatic nitrogens is 1. The van der Waals surface area contributed by atoms with Gasteiger partial charge in [-0.2, -0.15) is 0 Å². The van der Waals surface area contributed by atoms with Crippen molar-refractivity contribution < 1.29 is 0 Å². The molecule has 0 saturated carbocycles. The molecule has 0 N–H and O–H groups in total. The van der Waals surface area contributed by atoms with Crippen molar-refractivity contribution in [3.8, 4) is 0 Å². The number of aliphatic imine (C=N–C) groups is 1. The van der Waals surface area contributed by atoms with Crippen LogP contribution in [0.2, 0.25) is 5.02 Å².